The van der Waals surface area contributed by atoms with Gasteiger partial charge in [0.2, 0.25) is 0 Å². The van der Waals surface area contributed by atoms with E-state index in [0.29, 0.717) is 24.3 Å². The summed E-state index contributed by atoms with van der Waals surface area (Å²) >= 11 is 0. The molecule has 104 valence electrons. The van der Waals surface area contributed by atoms with Gasteiger partial charge in [0.1, 0.15) is 11.4 Å². The number of hydrogen-bond acceptors (Lipinski definition) is 1. The fraction of sp³-hybridized carbons (Fsp3) is 0.333. The van der Waals surface area contributed by atoms with Crippen LogP contribution in [0.2, 0.25) is 0 Å². The van der Waals surface area contributed by atoms with Gasteiger partial charge in [0.15, 0.2) is 0 Å². The summed E-state index contributed by atoms with van der Waals surface area (Å²) in [6.07, 6.45) is 1.13. The van der Waals surface area contributed by atoms with E-state index in [2.05, 4.69) is 26.0 Å². The lowest BCUT2D eigenvalue weighted by Crippen LogP contribution is -2.23. The summed E-state index contributed by atoms with van der Waals surface area (Å²) in [5.41, 5.74) is 2.42. The second-order valence-corrected chi connectivity index (χ2v) is 5.90. The van der Waals surface area contributed by atoms with Crippen molar-refractivity contribution < 1.29 is 9.50 Å². The molecule has 0 spiro atoms. The third-order valence-corrected chi connectivity index (χ3v) is 4.36. The Hall–Kier alpha value is -1.67. The summed E-state index contributed by atoms with van der Waals surface area (Å²) in [4.78, 5) is 0. The van der Waals surface area contributed by atoms with Crippen molar-refractivity contribution in [1.29, 1.82) is 0 Å². The summed E-state index contributed by atoms with van der Waals surface area (Å²) in [5, 5.41) is 11.0. The van der Waals surface area contributed by atoms with Crippen LogP contribution in [0.3, 0.4) is 0 Å². The Bertz CT molecular complexity index is 630. The first-order valence-corrected chi connectivity index (χ1v) is 7.13. The Morgan fingerprint density at radius 1 is 1.10 bits per heavy atom. The van der Waals surface area contributed by atoms with Gasteiger partial charge in [-0.15, -0.1) is 0 Å². The van der Waals surface area contributed by atoms with Crippen LogP contribution in [0, 0.1) is 5.82 Å². The van der Waals surface area contributed by atoms with Gasteiger partial charge in [-0.05, 0) is 47.1 Å². The van der Waals surface area contributed by atoms with E-state index in [-0.39, 0.29) is 5.82 Å². The van der Waals surface area contributed by atoms with E-state index in [1.807, 2.05) is 18.2 Å². The van der Waals surface area contributed by atoms with Gasteiger partial charge >= 0.3 is 0 Å². The summed E-state index contributed by atoms with van der Waals surface area (Å²) in [6.45, 7) is 4.29. The first-order chi connectivity index (χ1) is 9.52. The molecule has 2 aromatic carbocycles. The Morgan fingerprint density at radius 2 is 1.80 bits per heavy atom. The quantitative estimate of drug-likeness (QED) is 0.870. The highest BCUT2D eigenvalue weighted by atomic mass is 19.1. The molecule has 0 saturated heterocycles. The van der Waals surface area contributed by atoms with Crippen LogP contribution in [0.1, 0.15) is 48.4 Å². The number of halogens is 1. The van der Waals surface area contributed by atoms with Gasteiger partial charge in [0.05, 0.1) is 0 Å². The Kier molecular flexibility index (Phi) is 3.14. The van der Waals surface area contributed by atoms with Crippen LogP contribution in [-0.2, 0) is 12.0 Å². The molecule has 20 heavy (non-hydrogen) atoms. The molecule has 1 atom stereocenters. The number of hydrogen-bond donors (Lipinski definition) is 1. The number of fused-ring (bicyclic) bond motifs is 1. The predicted octanol–water partition coefficient (Wildman–Crippen LogP) is 4.13. The smallest absolute Gasteiger partial charge is 0.126 e. The zero-order valence-corrected chi connectivity index (χ0v) is 11.9. The molecule has 2 heteroatoms. The highest BCUT2D eigenvalue weighted by molar-refractivity contribution is 5.46. The van der Waals surface area contributed by atoms with Gasteiger partial charge in [0.25, 0.3) is 0 Å². The third kappa shape index (κ3) is 1.95. The maximum Gasteiger partial charge on any atom is 0.126 e. The number of benzene rings is 2. The first kappa shape index (κ1) is 13.3. The lowest BCUT2D eigenvalue weighted by atomic mass is 9.86. The average molecular weight is 270 g/mol. The lowest BCUT2D eigenvalue weighted by molar-refractivity contribution is 0.0829. The van der Waals surface area contributed by atoms with Crippen molar-refractivity contribution >= 4 is 0 Å². The van der Waals surface area contributed by atoms with Crippen LogP contribution in [0.15, 0.2) is 42.5 Å². The molecule has 0 aliphatic heterocycles. The number of aliphatic hydroxyl groups is 1. The van der Waals surface area contributed by atoms with E-state index in [1.165, 1.54) is 11.6 Å². The molecule has 0 amide bonds. The second-order valence-electron chi connectivity index (χ2n) is 5.90. The normalized spacial score (nSPS) is 21.2. The summed E-state index contributed by atoms with van der Waals surface area (Å²) < 4.78 is 13.8. The minimum absolute atomic E-state index is 0.211. The van der Waals surface area contributed by atoms with Crippen molar-refractivity contribution in [3.05, 3.63) is 70.5 Å². The molecule has 1 nitrogen and oxygen atoms in total. The van der Waals surface area contributed by atoms with Crippen LogP contribution >= 0.6 is 0 Å². The van der Waals surface area contributed by atoms with Gasteiger partial charge in [-0.1, -0.05) is 50.2 Å². The molecule has 1 aliphatic rings. The van der Waals surface area contributed by atoms with E-state index >= 15 is 0 Å². The Balaban J connectivity index is 2.05. The topological polar surface area (TPSA) is 20.2 Å². The largest absolute Gasteiger partial charge is 0.380 e. The van der Waals surface area contributed by atoms with Gasteiger partial charge in [-0.25, -0.2) is 4.39 Å². The molecule has 0 heterocycles. The summed E-state index contributed by atoms with van der Waals surface area (Å²) in [7, 11) is 0. The Morgan fingerprint density at radius 3 is 2.45 bits per heavy atom. The molecule has 0 saturated carbocycles. The van der Waals surface area contributed by atoms with E-state index in [0.717, 1.165) is 11.1 Å². The molecule has 1 N–H and O–H groups in total. The van der Waals surface area contributed by atoms with Crippen molar-refractivity contribution in [3.8, 4) is 0 Å². The first-order valence-electron chi connectivity index (χ1n) is 7.13. The van der Waals surface area contributed by atoms with Crippen LogP contribution in [-0.4, -0.2) is 5.11 Å². The lowest BCUT2D eigenvalue weighted by Gasteiger charge is -2.25. The molecule has 0 aromatic heterocycles. The molecule has 3 rings (SSSR count). The van der Waals surface area contributed by atoms with Gasteiger partial charge < -0.3 is 5.11 Å². The van der Waals surface area contributed by atoms with Gasteiger partial charge in [0, 0.05) is 0 Å². The zero-order chi connectivity index (χ0) is 14.3. The SMILES string of the molecule is CC(C)c1ccc(C2(O)CCc3c(F)cccc32)cc1. The zero-order valence-electron chi connectivity index (χ0n) is 11.9. The molecule has 0 bridgehead atoms. The van der Waals surface area contributed by atoms with E-state index in [1.54, 1.807) is 6.07 Å². The minimum atomic E-state index is -1.05. The van der Waals surface area contributed by atoms with Crippen molar-refractivity contribution in [3.63, 3.8) is 0 Å². The van der Waals surface area contributed by atoms with Crippen molar-refractivity contribution in [2.45, 2.75) is 38.2 Å². The van der Waals surface area contributed by atoms with Crippen molar-refractivity contribution in [1.82, 2.24) is 0 Å². The Labute approximate surface area is 119 Å². The van der Waals surface area contributed by atoms with E-state index in [9.17, 15) is 9.50 Å². The van der Waals surface area contributed by atoms with Crippen LogP contribution < -0.4 is 0 Å². The molecule has 2 aromatic rings. The third-order valence-electron chi connectivity index (χ3n) is 4.36. The average Bonchev–Trinajstić information content (AvgIpc) is 2.79. The second kappa shape index (κ2) is 4.71. The standard InChI is InChI=1S/C18H19FO/c1-12(2)13-6-8-14(9-7-13)18(20)11-10-15-16(18)4-3-5-17(15)19/h3-9,12,20H,10-11H2,1-2H3. The summed E-state index contributed by atoms with van der Waals surface area (Å²) in [5.74, 6) is 0.254. The monoisotopic (exact) mass is 270 g/mol. The van der Waals surface area contributed by atoms with Crippen LogP contribution in [0.5, 0.6) is 0 Å². The molecule has 1 unspecified atom stereocenters. The van der Waals surface area contributed by atoms with Gasteiger partial charge in [-0.3, -0.25) is 0 Å². The molecule has 0 fully saturated rings. The van der Waals surface area contributed by atoms with Crippen molar-refractivity contribution in [2.24, 2.45) is 0 Å². The predicted molar refractivity (Wildman–Crippen MR) is 78.3 cm³/mol. The fourth-order valence-corrected chi connectivity index (χ4v) is 3.08. The van der Waals surface area contributed by atoms with Crippen molar-refractivity contribution in [2.75, 3.05) is 0 Å². The van der Waals surface area contributed by atoms with E-state index < -0.39 is 5.60 Å². The molecular formula is C18H19FO. The van der Waals surface area contributed by atoms with Crippen LogP contribution in [0.4, 0.5) is 4.39 Å². The molecule has 1 aliphatic carbocycles. The number of rotatable bonds is 2. The molecule has 0 radical (unpaired) electrons. The molecular weight excluding hydrogens is 251 g/mol. The van der Waals surface area contributed by atoms with Crippen LogP contribution in [0.25, 0.3) is 0 Å². The van der Waals surface area contributed by atoms with Gasteiger partial charge in [-0.2, -0.15) is 0 Å². The fourth-order valence-electron chi connectivity index (χ4n) is 3.08. The van der Waals surface area contributed by atoms with E-state index in [4.69, 9.17) is 0 Å². The maximum atomic E-state index is 13.8. The highest BCUT2D eigenvalue weighted by Crippen LogP contribution is 2.42. The highest BCUT2D eigenvalue weighted by Gasteiger charge is 2.39. The summed E-state index contributed by atoms with van der Waals surface area (Å²) in [6, 6.07) is 13.0. The maximum absolute atomic E-state index is 13.8. The minimum Gasteiger partial charge on any atom is -0.380 e.